The van der Waals surface area contributed by atoms with E-state index in [0.717, 1.165) is 17.2 Å². The van der Waals surface area contributed by atoms with Crippen molar-refractivity contribution in [3.05, 3.63) is 125 Å². The van der Waals surface area contributed by atoms with Crippen LogP contribution in [0.4, 0.5) is 11.4 Å². The van der Waals surface area contributed by atoms with Gasteiger partial charge in [0.25, 0.3) is 5.91 Å². The van der Waals surface area contributed by atoms with Gasteiger partial charge < -0.3 is 20.8 Å². The highest BCUT2D eigenvalue weighted by molar-refractivity contribution is 8.00. The van der Waals surface area contributed by atoms with Gasteiger partial charge in [-0.05, 0) is 66.6 Å². The van der Waals surface area contributed by atoms with Crippen molar-refractivity contribution in [2.45, 2.75) is 17.1 Å². The number of carboxylic acid groups (broad SMARTS) is 2. The normalized spacial score (nSPS) is 11.3. The molecule has 9 heteroatoms. The predicted octanol–water partition coefficient (Wildman–Crippen LogP) is 6.12. The lowest BCUT2D eigenvalue weighted by Gasteiger charge is -2.18. The fourth-order valence-corrected chi connectivity index (χ4v) is 4.95. The molecule has 0 fully saturated rings. The number of carboxylic acids is 2. The summed E-state index contributed by atoms with van der Waals surface area (Å²) in [6.07, 6.45) is 0. The molecule has 0 spiro atoms. The lowest BCUT2D eigenvalue weighted by molar-refractivity contribution is -0.115. The number of carbonyl (C=O) groups is 4. The minimum Gasteiger partial charge on any atom is -0.478 e. The number of anilines is 2. The summed E-state index contributed by atoms with van der Waals surface area (Å²) in [7, 11) is 0. The Morgan fingerprint density at radius 1 is 0.692 bits per heavy atom. The monoisotopic (exact) mass is 540 g/mol. The average Bonchev–Trinajstić information content (AvgIpc) is 2.92. The van der Waals surface area contributed by atoms with E-state index in [1.54, 1.807) is 24.3 Å². The van der Waals surface area contributed by atoms with Gasteiger partial charge in [-0.3, -0.25) is 9.59 Å². The molecule has 4 aromatic rings. The van der Waals surface area contributed by atoms with Gasteiger partial charge in [-0.15, -0.1) is 11.8 Å². The van der Waals surface area contributed by atoms with Crippen LogP contribution in [0.25, 0.3) is 0 Å². The van der Waals surface area contributed by atoms with Crippen LogP contribution in [0.15, 0.2) is 102 Å². The Kier molecular flexibility index (Phi) is 8.43. The summed E-state index contributed by atoms with van der Waals surface area (Å²) >= 11 is 1.30. The van der Waals surface area contributed by atoms with Crippen LogP contribution in [0.1, 0.15) is 47.5 Å². The molecule has 0 bridgehead atoms. The fraction of sp³-hybridized carbons (Fsp3) is 0.0667. The zero-order valence-corrected chi connectivity index (χ0v) is 21.6. The number of rotatable bonds is 9. The van der Waals surface area contributed by atoms with E-state index in [1.165, 1.54) is 23.9 Å². The Bertz CT molecular complexity index is 1550. The Morgan fingerprint density at radius 3 is 2.05 bits per heavy atom. The van der Waals surface area contributed by atoms with Crippen LogP contribution in [0, 0.1) is 6.92 Å². The number of thioether (sulfide) groups is 1. The second kappa shape index (κ2) is 12.1. The van der Waals surface area contributed by atoms with Gasteiger partial charge in [0.2, 0.25) is 5.91 Å². The van der Waals surface area contributed by atoms with Crippen molar-refractivity contribution >= 4 is 46.9 Å². The third-order valence-electron chi connectivity index (χ3n) is 5.71. The first-order chi connectivity index (χ1) is 18.7. The number of hydrogen-bond donors (Lipinski definition) is 4. The Labute approximate surface area is 228 Å². The van der Waals surface area contributed by atoms with E-state index in [2.05, 4.69) is 10.6 Å². The van der Waals surface area contributed by atoms with E-state index in [1.807, 2.05) is 61.5 Å². The van der Waals surface area contributed by atoms with Gasteiger partial charge in [-0.2, -0.15) is 0 Å². The third kappa shape index (κ3) is 6.91. The maximum atomic E-state index is 13.4. The summed E-state index contributed by atoms with van der Waals surface area (Å²) in [5.41, 5.74) is 2.05. The van der Waals surface area contributed by atoms with Gasteiger partial charge in [-0.25, -0.2) is 9.59 Å². The van der Waals surface area contributed by atoms with Gasteiger partial charge in [0, 0.05) is 16.3 Å². The van der Waals surface area contributed by atoms with Gasteiger partial charge in [0.15, 0.2) is 0 Å². The molecule has 0 aliphatic rings. The highest BCUT2D eigenvalue weighted by atomic mass is 32.2. The molecule has 4 N–H and O–H groups in total. The second-order valence-corrected chi connectivity index (χ2v) is 9.80. The summed E-state index contributed by atoms with van der Waals surface area (Å²) in [6.45, 7) is 1.94. The molecule has 0 saturated carbocycles. The highest BCUT2D eigenvalue weighted by Crippen LogP contribution is 2.37. The molecule has 0 aromatic heterocycles. The molecule has 196 valence electrons. The van der Waals surface area contributed by atoms with Crippen LogP contribution in [-0.4, -0.2) is 34.0 Å². The van der Waals surface area contributed by atoms with E-state index in [4.69, 9.17) is 5.11 Å². The van der Waals surface area contributed by atoms with Crippen molar-refractivity contribution in [3.8, 4) is 0 Å². The number of nitrogens with one attached hydrogen (secondary N) is 2. The van der Waals surface area contributed by atoms with Crippen LogP contribution in [-0.2, 0) is 4.79 Å². The number of amides is 2. The van der Waals surface area contributed by atoms with Gasteiger partial charge in [0.1, 0.15) is 5.25 Å². The van der Waals surface area contributed by atoms with Crippen molar-refractivity contribution in [2.75, 3.05) is 10.6 Å². The summed E-state index contributed by atoms with van der Waals surface area (Å²) in [5.74, 6) is -3.63. The molecule has 4 rings (SSSR count). The maximum absolute atomic E-state index is 13.4. The van der Waals surface area contributed by atoms with Crippen molar-refractivity contribution in [1.82, 2.24) is 0 Å². The lowest BCUT2D eigenvalue weighted by Crippen LogP contribution is -2.19. The lowest BCUT2D eigenvalue weighted by atomic mass is 10.0. The molecular weight excluding hydrogens is 516 g/mol. The van der Waals surface area contributed by atoms with Crippen LogP contribution in [0.2, 0.25) is 0 Å². The molecule has 0 aliphatic heterocycles. The average molecular weight is 541 g/mol. The van der Waals surface area contributed by atoms with E-state index >= 15 is 0 Å². The van der Waals surface area contributed by atoms with E-state index in [0.29, 0.717) is 16.3 Å². The van der Waals surface area contributed by atoms with Crippen LogP contribution in [0.3, 0.4) is 0 Å². The van der Waals surface area contributed by atoms with Crippen molar-refractivity contribution in [1.29, 1.82) is 0 Å². The Balaban J connectivity index is 1.57. The minimum atomic E-state index is -1.42. The summed E-state index contributed by atoms with van der Waals surface area (Å²) in [4.78, 5) is 49.9. The molecular formula is C30H24N2O6S. The first-order valence-electron chi connectivity index (χ1n) is 11.8. The molecule has 2 amide bonds. The first kappa shape index (κ1) is 27.2. The largest absolute Gasteiger partial charge is 0.478 e. The summed E-state index contributed by atoms with van der Waals surface area (Å²) in [5, 5.41) is 23.7. The zero-order valence-electron chi connectivity index (χ0n) is 20.8. The van der Waals surface area contributed by atoms with Crippen molar-refractivity contribution < 1.29 is 29.4 Å². The molecule has 1 atom stereocenters. The molecule has 1 unspecified atom stereocenters. The molecule has 8 nitrogen and oxygen atoms in total. The molecule has 0 aliphatic carbocycles. The molecule has 0 heterocycles. The maximum Gasteiger partial charge on any atom is 0.336 e. The second-order valence-electron chi connectivity index (χ2n) is 8.62. The predicted molar refractivity (Wildman–Crippen MR) is 150 cm³/mol. The Hall–Kier alpha value is -4.89. The first-order valence-corrected chi connectivity index (χ1v) is 12.7. The third-order valence-corrected chi connectivity index (χ3v) is 6.96. The topological polar surface area (TPSA) is 133 Å². The van der Waals surface area contributed by atoms with Crippen molar-refractivity contribution in [3.63, 3.8) is 0 Å². The minimum absolute atomic E-state index is 0.176. The number of hydrogen-bond acceptors (Lipinski definition) is 5. The number of carbonyl (C=O) groups excluding carboxylic acids is 2. The molecule has 39 heavy (non-hydrogen) atoms. The van der Waals surface area contributed by atoms with Gasteiger partial charge in [-0.1, -0.05) is 48.5 Å². The zero-order chi connectivity index (χ0) is 27.9. The summed E-state index contributed by atoms with van der Waals surface area (Å²) < 4.78 is 0. The molecule has 4 aromatic carbocycles. The van der Waals surface area contributed by atoms with E-state index in [-0.39, 0.29) is 17.0 Å². The van der Waals surface area contributed by atoms with Crippen molar-refractivity contribution in [2.24, 2.45) is 0 Å². The molecule has 0 saturated heterocycles. The number of benzene rings is 4. The smallest absolute Gasteiger partial charge is 0.336 e. The molecule has 0 radical (unpaired) electrons. The number of aryl methyl sites for hydroxylation is 1. The van der Waals surface area contributed by atoms with E-state index in [9.17, 15) is 24.3 Å². The standard InChI is InChI=1S/C30H24N2O6S/c1-18-7-5-10-21(15-18)32-28(34)26(19-8-3-2-4-9-19)39-23-12-6-11-22(17-23)31-27(33)24-14-13-20(29(35)36)16-25(24)30(37)38/h2-17,26H,1H3,(H,31,33)(H,32,34)(H,35,36)(H,37,38). The number of aromatic carboxylic acids is 2. The van der Waals surface area contributed by atoms with Gasteiger partial charge in [0.05, 0.1) is 16.7 Å². The Morgan fingerprint density at radius 2 is 1.38 bits per heavy atom. The van der Waals surface area contributed by atoms with Gasteiger partial charge >= 0.3 is 11.9 Å². The SMILES string of the molecule is Cc1cccc(NC(=O)C(Sc2cccc(NC(=O)c3ccc(C(=O)O)cc3C(=O)O)c2)c2ccccc2)c1. The van der Waals surface area contributed by atoms with Crippen LogP contribution < -0.4 is 10.6 Å². The van der Waals surface area contributed by atoms with E-state index < -0.39 is 28.7 Å². The quantitative estimate of drug-likeness (QED) is 0.188. The highest BCUT2D eigenvalue weighted by Gasteiger charge is 2.23. The van der Waals surface area contributed by atoms with Crippen LogP contribution in [0.5, 0.6) is 0 Å². The fourth-order valence-electron chi connectivity index (χ4n) is 3.87. The summed E-state index contributed by atoms with van der Waals surface area (Å²) in [6, 6.07) is 27.0. The van der Waals surface area contributed by atoms with Crippen LogP contribution >= 0.6 is 11.8 Å².